The highest BCUT2D eigenvalue weighted by atomic mass is 16.3. The molecule has 1 aromatic rings. The number of likely N-dealkylation sites (tertiary alicyclic amines) is 1. The van der Waals surface area contributed by atoms with E-state index in [0.29, 0.717) is 0 Å². The van der Waals surface area contributed by atoms with Gasteiger partial charge in [0.15, 0.2) is 0 Å². The molecule has 1 aliphatic rings. The number of aryl methyl sites for hydroxylation is 1. The molecule has 0 aromatic carbocycles. The van der Waals surface area contributed by atoms with E-state index in [1.807, 2.05) is 7.05 Å². The van der Waals surface area contributed by atoms with Crippen LogP contribution in [0.2, 0.25) is 0 Å². The quantitative estimate of drug-likeness (QED) is 0.890. The number of hydrogen-bond donors (Lipinski definition) is 1. The summed E-state index contributed by atoms with van der Waals surface area (Å²) < 4.78 is 5.93. The fourth-order valence-corrected chi connectivity index (χ4v) is 2.70. The largest absolute Gasteiger partial charge is 0.463 e. The molecule has 0 saturated carbocycles. The molecule has 1 saturated heterocycles. The highest BCUT2D eigenvalue weighted by Crippen LogP contribution is 2.18. The Kier molecular flexibility index (Phi) is 5.26. The second kappa shape index (κ2) is 6.95. The first kappa shape index (κ1) is 13.6. The molecule has 0 amide bonds. The summed E-state index contributed by atoms with van der Waals surface area (Å²) in [5, 5.41) is 3.15. The summed E-state index contributed by atoms with van der Waals surface area (Å²) in [7, 11) is 1.96. The van der Waals surface area contributed by atoms with Gasteiger partial charge in [-0.2, -0.15) is 0 Å². The minimum Gasteiger partial charge on any atom is -0.463 e. The van der Waals surface area contributed by atoms with E-state index in [1.165, 1.54) is 50.8 Å². The Morgan fingerprint density at radius 2 is 1.83 bits per heavy atom. The van der Waals surface area contributed by atoms with Gasteiger partial charge in [0, 0.05) is 0 Å². The van der Waals surface area contributed by atoms with Gasteiger partial charge in [0.1, 0.15) is 11.5 Å². The maximum Gasteiger partial charge on any atom is 0.120 e. The van der Waals surface area contributed by atoms with E-state index >= 15 is 0 Å². The van der Waals surface area contributed by atoms with Crippen molar-refractivity contribution in [1.29, 1.82) is 0 Å². The van der Waals surface area contributed by atoms with Crippen molar-refractivity contribution in [3.05, 3.63) is 23.2 Å². The van der Waals surface area contributed by atoms with E-state index < -0.39 is 0 Å². The van der Waals surface area contributed by atoms with Crippen LogP contribution >= 0.6 is 0 Å². The fraction of sp³-hybridized carbons (Fsp3) is 0.733. The standard InChI is InChI=1S/C15H26N2O/c1-13-10-14(18-15(13)11-16-2)12-17-8-6-4-3-5-7-9-17/h10,16H,3-9,11-12H2,1-2H3. The molecular formula is C15H26N2O. The molecule has 0 aliphatic carbocycles. The van der Waals surface area contributed by atoms with Crippen LogP contribution in [-0.2, 0) is 13.1 Å². The van der Waals surface area contributed by atoms with Gasteiger partial charge in [-0.25, -0.2) is 0 Å². The summed E-state index contributed by atoms with van der Waals surface area (Å²) >= 11 is 0. The predicted molar refractivity (Wildman–Crippen MR) is 74.6 cm³/mol. The number of nitrogens with zero attached hydrogens (tertiary/aromatic N) is 1. The number of nitrogens with one attached hydrogen (secondary N) is 1. The maximum absolute atomic E-state index is 5.93. The second-order valence-electron chi connectivity index (χ2n) is 5.39. The first-order valence-electron chi connectivity index (χ1n) is 7.24. The lowest BCUT2D eigenvalue weighted by atomic mass is 10.1. The summed E-state index contributed by atoms with van der Waals surface area (Å²) in [4.78, 5) is 2.54. The van der Waals surface area contributed by atoms with Crippen molar-refractivity contribution in [1.82, 2.24) is 10.2 Å². The van der Waals surface area contributed by atoms with E-state index in [-0.39, 0.29) is 0 Å². The van der Waals surface area contributed by atoms with Gasteiger partial charge in [-0.15, -0.1) is 0 Å². The highest BCUT2D eigenvalue weighted by molar-refractivity contribution is 5.20. The van der Waals surface area contributed by atoms with Gasteiger partial charge in [-0.3, -0.25) is 4.90 Å². The summed E-state index contributed by atoms with van der Waals surface area (Å²) in [6, 6.07) is 2.20. The zero-order chi connectivity index (χ0) is 12.8. The molecule has 1 fully saturated rings. The Hall–Kier alpha value is -0.800. The van der Waals surface area contributed by atoms with E-state index in [4.69, 9.17) is 4.42 Å². The van der Waals surface area contributed by atoms with Gasteiger partial charge in [0.05, 0.1) is 13.1 Å². The Morgan fingerprint density at radius 1 is 1.17 bits per heavy atom. The summed E-state index contributed by atoms with van der Waals surface area (Å²) in [6.07, 6.45) is 6.86. The van der Waals surface area contributed by atoms with Crippen LogP contribution in [0.1, 0.15) is 49.2 Å². The van der Waals surface area contributed by atoms with Crippen LogP contribution in [0.25, 0.3) is 0 Å². The molecular weight excluding hydrogens is 224 g/mol. The van der Waals surface area contributed by atoms with Gasteiger partial charge >= 0.3 is 0 Å². The Bertz CT molecular complexity index is 351. The average Bonchev–Trinajstić information content (AvgIpc) is 2.64. The summed E-state index contributed by atoms with van der Waals surface area (Å²) in [5.41, 5.74) is 1.27. The van der Waals surface area contributed by atoms with Crippen molar-refractivity contribution in [3.63, 3.8) is 0 Å². The van der Waals surface area contributed by atoms with Crippen LogP contribution in [0.15, 0.2) is 10.5 Å². The van der Waals surface area contributed by atoms with Crippen LogP contribution < -0.4 is 5.32 Å². The minimum atomic E-state index is 0.825. The molecule has 3 nitrogen and oxygen atoms in total. The van der Waals surface area contributed by atoms with Crippen molar-refractivity contribution in [2.45, 2.75) is 52.1 Å². The fourth-order valence-electron chi connectivity index (χ4n) is 2.70. The molecule has 0 atom stereocenters. The third kappa shape index (κ3) is 3.85. The molecule has 18 heavy (non-hydrogen) atoms. The summed E-state index contributed by atoms with van der Waals surface area (Å²) in [5.74, 6) is 2.21. The van der Waals surface area contributed by atoms with Crippen molar-refractivity contribution in [2.24, 2.45) is 0 Å². The van der Waals surface area contributed by atoms with Gasteiger partial charge in [-0.1, -0.05) is 19.3 Å². The molecule has 0 radical (unpaired) electrons. The van der Waals surface area contributed by atoms with Crippen LogP contribution in [0, 0.1) is 6.92 Å². The van der Waals surface area contributed by atoms with E-state index in [0.717, 1.165) is 24.6 Å². The zero-order valence-electron chi connectivity index (χ0n) is 11.8. The van der Waals surface area contributed by atoms with Crippen molar-refractivity contribution >= 4 is 0 Å². The molecule has 1 N–H and O–H groups in total. The molecule has 0 unspecified atom stereocenters. The Labute approximate surface area is 111 Å². The molecule has 2 heterocycles. The topological polar surface area (TPSA) is 28.4 Å². The Balaban J connectivity index is 1.92. The normalized spacial score (nSPS) is 18.6. The van der Waals surface area contributed by atoms with Gasteiger partial charge < -0.3 is 9.73 Å². The van der Waals surface area contributed by atoms with Gasteiger partial charge in [0.25, 0.3) is 0 Å². The van der Waals surface area contributed by atoms with Crippen LogP contribution in [0.5, 0.6) is 0 Å². The van der Waals surface area contributed by atoms with E-state index in [2.05, 4.69) is 23.2 Å². The van der Waals surface area contributed by atoms with Crippen LogP contribution in [0.4, 0.5) is 0 Å². The number of hydrogen-bond acceptors (Lipinski definition) is 3. The molecule has 0 spiro atoms. The minimum absolute atomic E-state index is 0.825. The summed E-state index contributed by atoms with van der Waals surface area (Å²) in [6.45, 7) is 6.38. The molecule has 3 heteroatoms. The number of rotatable bonds is 4. The first-order valence-corrected chi connectivity index (χ1v) is 7.24. The van der Waals surface area contributed by atoms with E-state index in [1.54, 1.807) is 0 Å². The van der Waals surface area contributed by atoms with Crippen molar-refractivity contribution in [3.8, 4) is 0 Å². The SMILES string of the molecule is CNCc1oc(CN2CCCCCCC2)cc1C. The Morgan fingerprint density at radius 3 is 2.50 bits per heavy atom. The second-order valence-corrected chi connectivity index (χ2v) is 5.39. The predicted octanol–water partition coefficient (Wildman–Crippen LogP) is 3.07. The molecule has 102 valence electrons. The van der Waals surface area contributed by atoms with Crippen molar-refractivity contribution < 1.29 is 4.42 Å². The van der Waals surface area contributed by atoms with Crippen LogP contribution in [-0.4, -0.2) is 25.0 Å². The lowest BCUT2D eigenvalue weighted by Crippen LogP contribution is -2.26. The third-order valence-corrected chi connectivity index (χ3v) is 3.74. The van der Waals surface area contributed by atoms with Gasteiger partial charge in [0.2, 0.25) is 0 Å². The molecule has 2 rings (SSSR count). The highest BCUT2D eigenvalue weighted by Gasteiger charge is 2.12. The monoisotopic (exact) mass is 250 g/mol. The molecule has 1 aromatic heterocycles. The lowest BCUT2D eigenvalue weighted by molar-refractivity contribution is 0.220. The van der Waals surface area contributed by atoms with Crippen LogP contribution in [0.3, 0.4) is 0 Å². The first-order chi connectivity index (χ1) is 8.79. The lowest BCUT2D eigenvalue weighted by Gasteiger charge is -2.23. The zero-order valence-corrected chi connectivity index (χ0v) is 11.8. The molecule has 0 bridgehead atoms. The van der Waals surface area contributed by atoms with Gasteiger partial charge in [-0.05, 0) is 51.5 Å². The third-order valence-electron chi connectivity index (χ3n) is 3.74. The molecule has 1 aliphatic heterocycles. The van der Waals surface area contributed by atoms with Crippen molar-refractivity contribution in [2.75, 3.05) is 20.1 Å². The van der Waals surface area contributed by atoms with E-state index in [9.17, 15) is 0 Å². The maximum atomic E-state index is 5.93. The number of furan rings is 1. The average molecular weight is 250 g/mol. The smallest absolute Gasteiger partial charge is 0.120 e.